The first-order chi connectivity index (χ1) is 9.56. The maximum absolute atomic E-state index is 13.1. The average molecular weight is 284 g/mol. The molecule has 1 fully saturated rings. The molecule has 1 aromatic carbocycles. The standard InChI is InChI=1S/C14H18F2N2O2/c15-11-6-10(7-12(16)13(11)19)18-14(20)17-8-9-4-2-1-3-5-9/h6-7,9,19H,1-5,8H2,(H2,17,18,20). The summed E-state index contributed by atoms with van der Waals surface area (Å²) >= 11 is 0. The van der Waals surface area contributed by atoms with Gasteiger partial charge in [0.1, 0.15) is 0 Å². The highest BCUT2D eigenvalue weighted by atomic mass is 19.1. The predicted molar refractivity (Wildman–Crippen MR) is 71.6 cm³/mol. The van der Waals surface area contributed by atoms with Crippen LogP contribution in [0.5, 0.6) is 5.75 Å². The minimum atomic E-state index is -1.10. The molecule has 0 atom stereocenters. The van der Waals surface area contributed by atoms with E-state index >= 15 is 0 Å². The molecule has 0 saturated heterocycles. The summed E-state index contributed by atoms with van der Waals surface area (Å²) in [4.78, 5) is 11.6. The van der Waals surface area contributed by atoms with E-state index < -0.39 is 23.4 Å². The average Bonchev–Trinajstić information content (AvgIpc) is 2.43. The number of urea groups is 1. The Kier molecular flexibility index (Phi) is 4.76. The maximum Gasteiger partial charge on any atom is 0.319 e. The molecule has 110 valence electrons. The Morgan fingerprint density at radius 2 is 1.80 bits per heavy atom. The minimum absolute atomic E-state index is 0.0288. The fourth-order valence-corrected chi connectivity index (χ4v) is 2.44. The number of hydrogen-bond donors (Lipinski definition) is 3. The molecule has 1 aromatic rings. The van der Waals surface area contributed by atoms with Crippen molar-refractivity contribution >= 4 is 11.7 Å². The number of benzene rings is 1. The summed E-state index contributed by atoms with van der Waals surface area (Å²) in [7, 11) is 0. The summed E-state index contributed by atoms with van der Waals surface area (Å²) < 4.78 is 26.2. The molecule has 4 nitrogen and oxygen atoms in total. The summed E-state index contributed by atoms with van der Waals surface area (Å²) in [6.07, 6.45) is 5.81. The number of amides is 2. The van der Waals surface area contributed by atoms with Crippen LogP contribution in [-0.2, 0) is 0 Å². The molecule has 3 N–H and O–H groups in total. The second-order valence-electron chi connectivity index (χ2n) is 5.13. The number of carbonyl (C=O) groups is 1. The SMILES string of the molecule is O=C(NCC1CCCCC1)Nc1cc(F)c(O)c(F)c1. The molecular weight excluding hydrogens is 266 g/mol. The van der Waals surface area contributed by atoms with Gasteiger partial charge in [0.15, 0.2) is 17.4 Å². The molecule has 6 heteroatoms. The molecule has 0 spiro atoms. The molecule has 2 amide bonds. The monoisotopic (exact) mass is 284 g/mol. The van der Waals surface area contributed by atoms with Crippen molar-refractivity contribution in [1.82, 2.24) is 5.32 Å². The quantitative estimate of drug-likeness (QED) is 0.745. The van der Waals surface area contributed by atoms with Crippen molar-refractivity contribution in [3.63, 3.8) is 0 Å². The number of rotatable bonds is 3. The summed E-state index contributed by atoms with van der Waals surface area (Å²) in [5, 5.41) is 14.0. The Morgan fingerprint density at radius 3 is 2.40 bits per heavy atom. The number of carbonyl (C=O) groups excluding carboxylic acids is 1. The zero-order valence-corrected chi connectivity index (χ0v) is 11.1. The number of hydrogen-bond acceptors (Lipinski definition) is 2. The third-order valence-corrected chi connectivity index (χ3v) is 3.55. The maximum atomic E-state index is 13.1. The molecular formula is C14H18F2N2O2. The van der Waals surface area contributed by atoms with Gasteiger partial charge >= 0.3 is 6.03 Å². The van der Waals surface area contributed by atoms with Crippen LogP contribution in [0.4, 0.5) is 19.3 Å². The number of halogens is 2. The largest absolute Gasteiger partial charge is 0.503 e. The van der Waals surface area contributed by atoms with Crippen LogP contribution in [0.15, 0.2) is 12.1 Å². The number of phenols is 1. The lowest BCUT2D eigenvalue weighted by atomic mass is 9.89. The van der Waals surface area contributed by atoms with Crippen molar-refractivity contribution in [2.75, 3.05) is 11.9 Å². The van der Waals surface area contributed by atoms with Crippen LogP contribution in [0.25, 0.3) is 0 Å². The molecule has 1 aliphatic carbocycles. The van der Waals surface area contributed by atoms with Crippen LogP contribution in [-0.4, -0.2) is 17.7 Å². The van der Waals surface area contributed by atoms with Gasteiger partial charge < -0.3 is 15.7 Å². The van der Waals surface area contributed by atoms with Crippen molar-refractivity contribution in [3.05, 3.63) is 23.8 Å². The summed E-state index contributed by atoms with van der Waals surface area (Å²) in [6, 6.07) is 1.25. The van der Waals surface area contributed by atoms with Gasteiger partial charge in [-0.25, -0.2) is 13.6 Å². The zero-order valence-electron chi connectivity index (χ0n) is 11.1. The third kappa shape index (κ3) is 3.82. The van der Waals surface area contributed by atoms with E-state index in [0.717, 1.165) is 25.0 Å². The Labute approximate surface area is 116 Å². The van der Waals surface area contributed by atoms with E-state index in [9.17, 15) is 13.6 Å². The van der Waals surface area contributed by atoms with Gasteiger partial charge in [0.05, 0.1) is 0 Å². The van der Waals surface area contributed by atoms with Crippen molar-refractivity contribution in [3.8, 4) is 5.75 Å². The molecule has 0 unspecified atom stereocenters. The highest BCUT2D eigenvalue weighted by Crippen LogP contribution is 2.24. The molecule has 0 aliphatic heterocycles. The third-order valence-electron chi connectivity index (χ3n) is 3.55. The molecule has 0 heterocycles. The van der Waals surface area contributed by atoms with Crippen molar-refractivity contribution in [2.45, 2.75) is 32.1 Å². The number of phenolic OH excluding ortho intramolecular Hbond substituents is 1. The first-order valence-electron chi connectivity index (χ1n) is 6.79. The lowest BCUT2D eigenvalue weighted by Gasteiger charge is -2.21. The van der Waals surface area contributed by atoms with E-state index in [4.69, 9.17) is 5.11 Å². The Balaban J connectivity index is 1.84. The molecule has 0 radical (unpaired) electrons. The van der Waals surface area contributed by atoms with Gasteiger partial charge in [0.2, 0.25) is 0 Å². The van der Waals surface area contributed by atoms with Crippen LogP contribution in [0.1, 0.15) is 32.1 Å². The lowest BCUT2D eigenvalue weighted by Crippen LogP contribution is -2.33. The van der Waals surface area contributed by atoms with Gasteiger partial charge in [-0.3, -0.25) is 0 Å². The van der Waals surface area contributed by atoms with E-state index in [2.05, 4.69) is 10.6 Å². The molecule has 2 rings (SSSR count). The first kappa shape index (κ1) is 14.6. The predicted octanol–water partition coefficient (Wildman–Crippen LogP) is 3.37. The Bertz CT molecular complexity index is 465. The first-order valence-corrected chi connectivity index (χ1v) is 6.79. The van der Waals surface area contributed by atoms with Crippen LogP contribution in [0, 0.1) is 17.6 Å². The van der Waals surface area contributed by atoms with Gasteiger partial charge in [0, 0.05) is 24.4 Å². The molecule has 20 heavy (non-hydrogen) atoms. The molecule has 1 saturated carbocycles. The number of aromatic hydroxyl groups is 1. The second-order valence-corrected chi connectivity index (χ2v) is 5.13. The van der Waals surface area contributed by atoms with E-state index in [1.165, 1.54) is 19.3 Å². The molecule has 0 aromatic heterocycles. The van der Waals surface area contributed by atoms with Gasteiger partial charge in [-0.15, -0.1) is 0 Å². The molecule has 1 aliphatic rings. The zero-order chi connectivity index (χ0) is 14.5. The van der Waals surface area contributed by atoms with Crippen LogP contribution >= 0.6 is 0 Å². The fraction of sp³-hybridized carbons (Fsp3) is 0.500. The lowest BCUT2D eigenvalue weighted by molar-refractivity contribution is 0.247. The van der Waals surface area contributed by atoms with Gasteiger partial charge in [-0.2, -0.15) is 0 Å². The topological polar surface area (TPSA) is 61.4 Å². The summed E-state index contributed by atoms with van der Waals surface area (Å²) in [5.74, 6) is -2.78. The van der Waals surface area contributed by atoms with E-state index in [0.29, 0.717) is 12.5 Å². The van der Waals surface area contributed by atoms with Crippen LogP contribution in [0.3, 0.4) is 0 Å². The van der Waals surface area contributed by atoms with Crippen molar-refractivity contribution in [2.24, 2.45) is 5.92 Å². The van der Waals surface area contributed by atoms with Crippen LogP contribution < -0.4 is 10.6 Å². The Morgan fingerprint density at radius 1 is 1.20 bits per heavy atom. The van der Waals surface area contributed by atoms with Gasteiger partial charge in [-0.1, -0.05) is 19.3 Å². The van der Waals surface area contributed by atoms with Crippen LogP contribution in [0.2, 0.25) is 0 Å². The molecule has 0 bridgehead atoms. The van der Waals surface area contributed by atoms with Gasteiger partial charge in [0.25, 0.3) is 0 Å². The van der Waals surface area contributed by atoms with Crippen molar-refractivity contribution < 1.29 is 18.7 Å². The summed E-state index contributed by atoms with van der Waals surface area (Å²) in [5.41, 5.74) is -0.0288. The normalized spacial score (nSPS) is 15.9. The van der Waals surface area contributed by atoms with Gasteiger partial charge in [-0.05, 0) is 18.8 Å². The highest BCUT2D eigenvalue weighted by Gasteiger charge is 2.15. The van der Waals surface area contributed by atoms with Crippen molar-refractivity contribution in [1.29, 1.82) is 0 Å². The van der Waals surface area contributed by atoms with E-state index in [1.807, 2.05) is 0 Å². The van der Waals surface area contributed by atoms with E-state index in [1.54, 1.807) is 0 Å². The number of nitrogens with one attached hydrogen (secondary N) is 2. The Hall–Kier alpha value is -1.85. The smallest absolute Gasteiger partial charge is 0.319 e. The minimum Gasteiger partial charge on any atom is -0.503 e. The highest BCUT2D eigenvalue weighted by molar-refractivity contribution is 5.89. The van der Waals surface area contributed by atoms with E-state index in [-0.39, 0.29) is 5.69 Å². The second kappa shape index (κ2) is 6.54. The fourth-order valence-electron chi connectivity index (χ4n) is 2.44. The summed E-state index contributed by atoms with van der Waals surface area (Å²) in [6.45, 7) is 0.564. The number of anilines is 1.